The Labute approximate surface area is 95.9 Å². The van der Waals surface area contributed by atoms with Crippen molar-refractivity contribution in [3.63, 3.8) is 0 Å². The molecule has 1 heterocycles. The van der Waals surface area contributed by atoms with E-state index in [1.165, 1.54) is 48.4 Å². The highest BCUT2D eigenvalue weighted by Gasteiger charge is 1.97. The van der Waals surface area contributed by atoms with Gasteiger partial charge in [0.15, 0.2) is 0 Å². The Kier molecular flexibility index (Phi) is 3.79. The lowest BCUT2D eigenvalue weighted by atomic mass is 10.0. The minimum absolute atomic E-state index is 1.24. The Hall–Kier alpha value is -0.820. The molecular weight excluding hydrogens is 200 g/mol. The molecule has 0 radical (unpaired) electrons. The van der Waals surface area contributed by atoms with Gasteiger partial charge in [-0.15, -0.1) is 0 Å². The third-order valence-corrected chi connectivity index (χ3v) is 3.64. The summed E-state index contributed by atoms with van der Waals surface area (Å²) in [6.45, 7) is 2.26. The fraction of sp³-hybridized carbons (Fsp3) is 0.429. The minimum Gasteiger partial charge on any atom is -0.151 e. The highest BCUT2D eigenvalue weighted by Crippen LogP contribution is 2.21. The number of hydrogen-bond acceptors (Lipinski definition) is 1. The van der Waals surface area contributed by atoms with Gasteiger partial charge in [-0.2, -0.15) is 11.3 Å². The molecule has 0 aliphatic rings. The highest BCUT2D eigenvalue weighted by atomic mass is 32.1. The summed E-state index contributed by atoms with van der Waals surface area (Å²) in [6.07, 6.45) is 6.65. The molecule has 0 spiro atoms. The molecule has 0 bridgehead atoms. The van der Waals surface area contributed by atoms with Crippen molar-refractivity contribution < 1.29 is 0 Å². The van der Waals surface area contributed by atoms with E-state index < -0.39 is 0 Å². The van der Waals surface area contributed by atoms with Gasteiger partial charge >= 0.3 is 0 Å². The minimum atomic E-state index is 1.24. The molecule has 80 valence electrons. The summed E-state index contributed by atoms with van der Waals surface area (Å²) in [5.74, 6) is 0. The van der Waals surface area contributed by atoms with Gasteiger partial charge in [-0.3, -0.25) is 0 Å². The summed E-state index contributed by atoms with van der Waals surface area (Å²) < 4.78 is 0. The predicted octanol–water partition coefficient (Wildman–Crippen LogP) is 5.02. The molecule has 0 atom stereocenters. The van der Waals surface area contributed by atoms with E-state index in [1.54, 1.807) is 11.3 Å². The van der Waals surface area contributed by atoms with Crippen LogP contribution in [0.15, 0.2) is 29.0 Å². The Morgan fingerprint density at radius 1 is 1.00 bits per heavy atom. The second kappa shape index (κ2) is 5.32. The molecule has 0 unspecified atom stereocenters. The van der Waals surface area contributed by atoms with Crippen molar-refractivity contribution >= 4 is 22.1 Å². The summed E-state index contributed by atoms with van der Waals surface area (Å²) in [4.78, 5) is 0. The molecule has 0 aliphatic carbocycles. The van der Waals surface area contributed by atoms with Gasteiger partial charge in [-0.25, -0.2) is 0 Å². The van der Waals surface area contributed by atoms with Gasteiger partial charge in [-0.05, 0) is 39.9 Å². The van der Waals surface area contributed by atoms with E-state index in [-0.39, 0.29) is 0 Å². The number of unbranched alkanes of at least 4 members (excludes halogenated alkanes) is 3. The van der Waals surface area contributed by atoms with E-state index in [9.17, 15) is 0 Å². The predicted molar refractivity (Wildman–Crippen MR) is 69.7 cm³/mol. The molecule has 0 saturated heterocycles. The van der Waals surface area contributed by atoms with Crippen LogP contribution in [0.2, 0.25) is 0 Å². The van der Waals surface area contributed by atoms with Crippen LogP contribution in [0.3, 0.4) is 0 Å². The van der Waals surface area contributed by atoms with Crippen molar-refractivity contribution in [2.24, 2.45) is 0 Å². The second-order valence-corrected chi connectivity index (χ2v) is 4.89. The summed E-state index contributed by atoms with van der Waals surface area (Å²) in [5.41, 5.74) is 1.50. The first-order chi connectivity index (χ1) is 7.40. The summed E-state index contributed by atoms with van der Waals surface area (Å²) in [5, 5.41) is 7.26. The Morgan fingerprint density at radius 2 is 1.87 bits per heavy atom. The first-order valence-electron chi connectivity index (χ1n) is 5.85. The molecule has 0 N–H and O–H groups in total. The average Bonchev–Trinajstić information content (AvgIpc) is 2.71. The van der Waals surface area contributed by atoms with E-state index in [0.29, 0.717) is 0 Å². The van der Waals surface area contributed by atoms with Crippen LogP contribution in [0.5, 0.6) is 0 Å². The van der Waals surface area contributed by atoms with Crippen molar-refractivity contribution in [1.29, 1.82) is 0 Å². The molecule has 1 heteroatoms. The molecule has 1 aromatic heterocycles. The zero-order chi connectivity index (χ0) is 10.5. The maximum absolute atomic E-state index is 2.35. The van der Waals surface area contributed by atoms with E-state index in [4.69, 9.17) is 0 Å². The fourth-order valence-corrected chi connectivity index (χ4v) is 2.71. The zero-order valence-corrected chi connectivity index (χ0v) is 10.1. The largest absolute Gasteiger partial charge is 0.151 e. The monoisotopic (exact) mass is 218 g/mol. The zero-order valence-electron chi connectivity index (χ0n) is 9.33. The van der Waals surface area contributed by atoms with Crippen molar-refractivity contribution in [3.8, 4) is 0 Å². The standard InChI is InChI=1S/C14H18S/c1-2-3-4-5-6-12-7-8-13-10-15-11-14(13)9-12/h7-11H,2-6H2,1H3. The van der Waals surface area contributed by atoms with E-state index in [2.05, 4.69) is 35.9 Å². The molecule has 2 aromatic rings. The lowest BCUT2D eigenvalue weighted by Gasteiger charge is -2.01. The van der Waals surface area contributed by atoms with Crippen molar-refractivity contribution in [2.75, 3.05) is 0 Å². The van der Waals surface area contributed by atoms with Crippen molar-refractivity contribution in [1.82, 2.24) is 0 Å². The molecule has 0 amide bonds. The van der Waals surface area contributed by atoms with Crippen LogP contribution >= 0.6 is 11.3 Å². The van der Waals surface area contributed by atoms with Crippen LogP contribution in [0.25, 0.3) is 10.8 Å². The lowest BCUT2D eigenvalue weighted by Crippen LogP contribution is -1.85. The summed E-state index contributed by atoms with van der Waals surface area (Å²) >= 11 is 1.79. The van der Waals surface area contributed by atoms with E-state index in [1.807, 2.05) is 0 Å². The number of rotatable bonds is 5. The smallest absolute Gasteiger partial charge is 0.00144 e. The first kappa shape index (κ1) is 10.7. The number of benzene rings is 1. The number of thiophene rings is 1. The van der Waals surface area contributed by atoms with Crippen LogP contribution in [0.4, 0.5) is 0 Å². The van der Waals surface area contributed by atoms with Crippen LogP contribution in [-0.2, 0) is 6.42 Å². The summed E-state index contributed by atoms with van der Waals surface area (Å²) in [6, 6.07) is 6.87. The normalized spacial score (nSPS) is 11.0. The van der Waals surface area contributed by atoms with Crippen LogP contribution in [0.1, 0.15) is 38.2 Å². The topological polar surface area (TPSA) is 0 Å². The van der Waals surface area contributed by atoms with Gasteiger partial charge < -0.3 is 0 Å². The Morgan fingerprint density at radius 3 is 2.73 bits per heavy atom. The third-order valence-electron chi connectivity index (χ3n) is 2.86. The van der Waals surface area contributed by atoms with Gasteiger partial charge in [0.2, 0.25) is 0 Å². The fourth-order valence-electron chi connectivity index (χ4n) is 1.93. The van der Waals surface area contributed by atoms with Crippen LogP contribution < -0.4 is 0 Å². The lowest BCUT2D eigenvalue weighted by molar-refractivity contribution is 0.667. The third kappa shape index (κ3) is 2.82. The van der Waals surface area contributed by atoms with E-state index >= 15 is 0 Å². The maximum atomic E-state index is 2.35. The quantitative estimate of drug-likeness (QED) is 0.618. The molecule has 1 aromatic carbocycles. The van der Waals surface area contributed by atoms with Gasteiger partial charge in [0.1, 0.15) is 0 Å². The maximum Gasteiger partial charge on any atom is -0.00144 e. The molecule has 0 fully saturated rings. The van der Waals surface area contributed by atoms with E-state index in [0.717, 1.165) is 0 Å². The Bertz CT molecular complexity index is 414. The molecule has 0 nitrogen and oxygen atoms in total. The second-order valence-electron chi connectivity index (χ2n) is 4.15. The Balaban J connectivity index is 1.96. The molecule has 0 aliphatic heterocycles. The van der Waals surface area contributed by atoms with Gasteiger partial charge in [0, 0.05) is 0 Å². The molecule has 15 heavy (non-hydrogen) atoms. The first-order valence-corrected chi connectivity index (χ1v) is 6.79. The SMILES string of the molecule is CCCCCCc1ccc2cscc2c1. The van der Waals surface area contributed by atoms with Crippen LogP contribution in [-0.4, -0.2) is 0 Å². The van der Waals surface area contributed by atoms with Crippen molar-refractivity contribution in [3.05, 3.63) is 34.5 Å². The van der Waals surface area contributed by atoms with Gasteiger partial charge in [0.05, 0.1) is 0 Å². The summed E-state index contributed by atoms with van der Waals surface area (Å²) in [7, 11) is 0. The average molecular weight is 218 g/mol. The van der Waals surface area contributed by atoms with Gasteiger partial charge in [0.25, 0.3) is 0 Å². The molecule has 2 rings (SSSR count). The van der Waals surface area contributed by atoms with Gasteiger partial charge in [-0.1, -0.05) is 44.4 Å². The highest BCUT2D eigenvalue weighted by molar-refractivity contribution is 7.09. The number of aryl methyl sites for hydroxylation is 1. The number of hydrogen-bond donors (Lipinski definition) is 0. The van der Waals surface area contributed by atoms with Crippen molar-refractivity contribution in [2.45, 2.75) is 39.0 Å². The molecular formula is C14H18S. The molecule has 0 saturated carbocycles. The van der Waals surface area contributed by atoms with Crippen LogP contribution in [0, 0.1) is 0 Å². The number of fused-ring (bicyclic) bond motifs is 1.